The molecule has 0 aromatic carbocycles. The van der Waals surface area contributed by atoms with Crippen LogP contribution in [-0.4, -0.2) is 5.91 Å². The fourth-order valence-corrected chi connectivity index (χ4v) is 1.02. The van der Waals surface area contributed by atoms with Crippen LogP contribution in [-0.2, 0) is 4.79 Å². The van der Waals surface area contributed by atoms with Crippen molar-refractivity contribution in [1.82, 2.24) is 0 Å². The van der Waals surface area contributed by atoms with Crippen LogP contribution in [0.3, 0.4) is 0 Å². The first-order valence-electron chi connectivity index (χ1n) is 3.13. The Morgan fingerprint density at radius 1 is 1.78 bits per heavy atom. The molecule has 1 aliphatic carbocycles. The van der Waals surface area contributed by atoms with Gasteiger partial charge < -0.3 is 5.73 Å². The molecule has 50 valence electrons. The van der Waals surface area contributed by atoms with E-state index < -0.39 is 0 Å². The molecule has 2 heteroatoms. The Morgan fingerprint density at radius 3 is 2.67 bits per heavy atom. The second kappa shape index (κ2) is 1.87. The average molecular weight is 125 g/mol. The lowest BCUT2D eigenvalue weighted by Crippen LogP contribution is -2.30. The Morgan fingerprint density at radius 2 is 2.44 bits per heavy atom. The molecule has 0 aromatic heterocycles. The largest absolute Gasteiger partial charge is 0.369 e. The highest BCUT2D eigenvalue weighted by Gasteiger charge is 2.29. The maximum atomic E-state index is 10.7. The molecule has 0 aromatic rings. The van der Waals surface area contributed by atoms with Gasteiger partial charge in [0.1, 0.15) is 0 Å². The van der Waals surface area contributed by atoms with Gasteiger partial charge in [0.25, 0.3) is 0 Å². The highest BCUT2D eigenvalue weighted by atomic mass is 16.1. The maximum absolute atomic E-state index is 10.7. The molecule has 2 N–H and O–H groups in total. The highest BCUT2D eigenvalue weighted by molar-refractivity contribution is 5.82. The first-order valence-corrected chi connectivity index (χ1v) is 3.13. The second-order valence-electron chi connectivity index (χ2n) is 2.72. The molecule has 0 bridgehead atoms. The van der Waals surface area contributed by atoms with E-state index in [2.05, 4.69) is 0 Å². The monoisotopic (exact) mass is 125 g/mol. The predicted octanol–water partition coefficient (Wildman–Crippen LogP) is 0.828. The van der Waals surface area contributed by atoms with E-state index in [1.165, 1.54) is 0 Å². The van der Waals surface area contributed by atoms with Crippen LogP contribution in [0.1, 0.15) is 19.8 Å². The molecule has 1 unspecified atom stereocenters. The molecule has 0 aliphatic heterocycles. The minimum atomic E-state index is -0.347. The van der Waals surface area contributed by atoms with Gasteiger partial charge in [-0.15, -0.1) is 0 Å². The summed E-state index contributed by atoms with van der Waals surface area (Å²) in [5.41, 5.74) is 4.79. The van der Waals surface area contributed by atoms with Crippen LogP contribution in [0, 0.1) is 5.41 Å². The Hall–Kier alpha value is -0.790. The standard InChI is InChI=1S/C7H11NO/c1-7(6(8)9)4-2-3-5-7/h2,4H,3,5H2,1H3,(H2,8,9). The van der Waals surface area contributed by atoms with Gasteiger partial charge in [0.2, 0.25) is 5.91 Å². The lowest BCUT2D eigenvalue weighted by molar-refractivity contribution is -0.124. The summed E-state index contributed by atoms with van der Waals surface area (Å²) in [6.07, 6.45) is 5.77. The van der Waals surface area contributed by atoms with Crippen LogP contribution in [0.2, 0.25) is 0 Å². The van der Waals surface area contributed by atoms with Crippen LogP contribution < -0.4 is 5.73 Å². The van der Waals surface area contributed by atoms with Crippen LogP contribution in [0.4, 0.5) is 0 Å². The van der Waals surface area contributed by atoms with E-state index in [0.29, 0.717) is 0 Å². The summed E-state index contributed by atoms with van der Waals surface area (Å²) >= 11 is 0. The van der Waals surface area contributed by atoms with Crippen molar-refractivity contribution in [3.8, 4) is 0 Å². The van der Waals surface area contributed by atoms with Gasteiger partial charge in [-0.1, -0.05) is 12.2 Å². The molecule has 0 saturated heterocycles. The zero-order valence-electron chi connectivity index (χ0n) is 5.55. The third-order valence-electron chi connectivity index (χ3n) is 1.88. The predicted molar refractivity (Wildman–Crippen MR) is 35.7 cm³/mol. The van der Waals surface area contributed by atoms with Gasteiger partial charge in [0.15, 0.2) is 0 Å². The summed E-state index contributed by atoms with van der Waals surface area (Å²) in [5, 5.41) is 0. The average Bonchev–Trinajstić information content (AvgIpc) is 2.16. The van der Waals surface area contributed by atoms with Crippen molar-refractivity contribution in [2.45, 2.75) is 19.8 Å². The number of allylic oxidation sites excluding steroid dienone is 1. The molecule has 9 heavy (non-hydrogen) atoms. The molecule has 0 fully saturated rings. The van der Waals surface area contributed by atoms with Crippen molar-refractivity contribution in [2.75, 3.05) is 0 Å². The number of hydrogen-bond acceptors (Lipinski definition) is 1. The van der Waals surface area contributed by atoms with Crippen LogP contribution in [0.25, 0.3) is 0 Å². The fraction of sp³-hybridized carbons (Fsp3) is 0.571. The van der Waals surface area contributed by atoms with Crippen molar-refractivity contribution >= 4 is 5.91 Å². The minimum absolute atomic E-state index is 0.212. The van der Waals surface area contributed by atoms with Crippen LogP contribution in [0.15, 0.2) is 12.2 Å². The number of rotatable bonds is 1. The normalized spacial score (nSPS) is 33.0. The Bertz CT molecular complexity index is 162. The van der Waals surface area contributed by atoms with Crippen molar-refractivity contribution in [3.63, 3.8) is 0 Å². The number of carbonyl (C=O) groups is 1. The summed E-state index contributed by atoms with van der Waals surface area (Å²) in [6.45, 7) is 1.87. The van der Waals surface area contributed by atoms with E-state index in [1.54, 1.807) is 0 Å². The van der Waals surface area contributed by atoms with Crippen molar-refractivity contribution in [2.24, 2.45) is 11.1 Å². The molecule has 1 amide bonds. The van der Waals surface area contributed by atoms with E-state index in [-0.39, 0.29) is 11.3 Å². The Kier molecular flexibility index (Phi) is 1.31. The zero-order chi connectivity index (χ0) is 6.91. The summed E-state index contributed by atoms with van der Waals surface area (Å²) in [6, 6.07) is 0. The molecule has 0 saturated carbocycles. The molecule has 0 radical (unpaired) electrons. The number of carbonyl (C=O) groups excluding carboxylic acids is 1. The van der Waals surface area contributed by atoms with Gasteiger partial charge in [-0.25, -0.2) is 0 Å². The van der Waals surface area contributed by atoms with Gasteiger partial charge in [-0.05, 0) is 19.8 Å². The topological polar surface area (TPSA) is 43.1 Å². The summed E-state index contributed by atoms with van der Waals surface area (Å²) in [7, 11) is 0. The Labute approximate surface area is 54.7 Å². The maximum Gasteiger partial charge on any atom is 0.227 e. The summed E-state index contributed by atoms with van der Waals surface area (Å²) in [5.74, 6) is -0.212. The summed E-state index contributed by atoms with van der Waals surface area (Å²) in [4.78, 5) is 10.7. The number of primary amides is 1. The van der Waals surface area contributed by atoms with Gasteiger partial charge in [0.05, 0.1) is 5.41 Å². The van der Waals surface area contributed by atoms with Crippen LogP contribution in [0.5, 0.6) is 0 Å². The minimum Gasteiger partial charge on any atom is -0.369 e. The van der Waals surface area contributed by atoms with Gasteiger partial charge in [0, 0.05) is 0 Å². The number of amides is 1. The molecule has 1 rings (SSSR count). The molecule has 0 heterocycles. The third-order valence-corrected chi connectivity index (χ3v) is 1.88. The van der Waals surface area contributed by atoms with E-state index in [0.717, 1.165) is 12.8 Å². The lowest BCUT2D eigenvalue weighted by Gasteiger charge is -2.15. The number of hydrogen-bond donors (Lipinski definition) is 1. The van der Waals surface area contributed by atoms with Crippen molar-refractivity contribution in [3.05, 3.63) is 12.2 Å². The smallest absolute Gasteiger partial charge is 0.227 e. The van der Waals surface area contributed by atoms with Gasteiger partial charge in [-0.3, -0.25) is 4.79 Å². The highest BCUT2D eigenvalue weighted by Crippen LogP contribution is 2.30. The van der Waals surface area contributed by atoms with E-state index in [4.69, 9.17) is 5.73 Å². The van der Waals surface area contributed by atoms with E-state index in [1.807, 2.05) is 19.1 Å². The van der Waals surface area contributed by atoms with E-state index in [9.17, 15) is 4.79 Å². The fourth-order valence-electron chi connectivity index (χ4n) is 1.02. The van der Waals surface area contributed by atoms with Gasteiger partial charge >= 0.3 is 0 Å². The zero-order valence-corrected chi connectivity index (χ0v) is 5.55. The first-order chi connectivity index (χ1) is 4.15. The van der Waals surface area contributed by atoms with Crippen molar-refractivity contribution < 1.29 is 4.79 Å². The van der Waals surface area contributed by atoms with Gasteiger partial charge in [-0.2, -0.15) is 0 Å². The molecule has 0 spiro atoms. The molecule has 1 aliphatic rings. The quantitative estimate of drug-likeness (QED) is 0.518. The number of nitrogens with two attached hydrogens (primary N) is 1. The third kappa shape index (κ3) is 0.969. The SMILES string of the molecule is CC1(C(N)=O)C=CCC1. The Balaban J connectivity index is 2.74. The molecule has 2 nitrogen and oxygen atoms in total. The van der Waals surface area contributed by atoms with Crippen LogP contribution >= 0.6 is 0 Å². The second-order valence-corrected chi connectivity index (χ2v) is 2.72. The van der Waals surface area contributed by atoms with E-state index >= 15 is 0 Å². The molecular weight excluding hydrogens is 114 g/mol. The summed E-state index contributed by atoms with van der Waals surface area (Å²) < 4.78 is 0. The van der Waals surface area contributed by atoms with Crippen molar-refractivity contribution in [1.29, 1.82) is 0 Å². The lowest BCUT2D eigenvalue weighted by atomic mass is 9.90. The molecular formula is C7H11NO. The first kappa shape index (κ1) is 6.33. The molecule has 1 atom stereocenters.